The van der Waals surface area contributed by atoms with Crippen molar-refractivity contribution in [2.75, 3.05) is 39.4 Å². The molecular weight excluding hydrogens is 1090 g/mol. The summed E-state index contributed by atoms with van der Waals surface area (Å²) in [6.45, 7) is 4.82. The van der Waals surface area contributed by atoms with Crippen LogP contribution in [-0.2, 0) is 38.2 Å². The molecule has 85 heavy (non-hydrogen) atoms. The summed E-state index contributed by atoms with van der Waals surface area (Å²) in [5, 5.41) is 89.8. The normalized spacial score (nSPS) is 22.6. The minimum atomic E-state index is -2.16. The molecule has 0 aliphatic heterocycles. The van der Waals surface area contributed by atoms with Crippen LogP contribution in [0, 0.1) is 0 Å². The van der Waals surface area contributed by atoms with Gasteiger partial charge in [0.1, 0.15) is 29.5 Å². The lowest BCUT2D eigenvalue weighted by Crippen LogP contribution is -2.59. The van der Waals surface area contributed by atoms with Gasteiger partial charge in [-0.05, 0) is 32.1 Å². The Bertz CT molecular complexity index is 1710. The minimum absolute atomic E-state index is 0.0210. The van der Waals surface area contributed by atoms with Crippen molar-refractivity contribution in [3.63, 3.8) is 0 Å². The summed E-state index contributed by atoms with van der Waals surface area (Å²) in [5.41, 5.74) is -4.32. The predicted molar refractivity (Wildman–Crippen MR) is 328 cm³/mol. The highest BCUT2D eigenvalue weighted by molar-refractivity contribution is 5.88. The van der Waals surface area contributed by atoms with E-state index in [-0.39, 0.29) is 77.9 Å². The first kappa shape index (κ1) is 77.6. The third-order valence-electron chi connectivity index (χ3n) is 17.1. The van der Waals surface area contributed by atoms with Gasteiger partial charge in [-0.2, -0.15) is 0 Å². The molecule has 2 rings (SSSR count). The second-order valence-electron chi connectivity index (χ2n) is 24.9. The molecule has 496 valence electrons. The van der Waals surface area contributed by atoms with Crippen LogP contribution in [0.2, 0.25) is 0 Å². The van der Waals surface area contributed by atoms with Crippen LogP contribution in [0.3, 0.4) is 0 Å². The lowest BCUT2D eigenvalue weighted by atomic mass is 9.79. The fraction of sp³-hybridized carbons (Fsp3) is 0.908. The number of hydrogen-bond acceptors (Lipinski definition) is 16. The first-order valence-corrected chi connectivity index (χ1v) is 33.9. The van der Waals surface area contributed by atoms with Crippen LogP contribution in [0.5, 0.6) is 0 Å². The van der Waals surface area contributed by atoms with E-state index >= 15 is 0 Å². The number of esters is 2. The zero-order chi connectivity index (χ0) is 62.6. The van der Waals surface area contributed by atoms with Gasteiger partial charge in [-0.1, -0.05) is 206 Å². The highest BCUT2D eigenvalue weighted by Crippen LogP contribution is 2.31. The van der Waals surface area contributed by atoms with Gasteiger partial charge < -0.3 is 71.2 Å². The monoisotopic (exact) mass is 1210 g/mol. The molecule has 11 N–H and O–H groups in total. The van der Waals surface area contributed by atoms with E-state index in [0.29, 0.717) is 6.42 Å². The van der Waals surface area contributed by atoms with Crippen molar-refractivity contribution in [1.82, 2.24) is 20.9 Å². The lowest BCUT2D eigenvalue weighted by molar-refractivity contribution is -0.172. The summed E-state index contributed by atoms with van der Waals surface area (Å²) in [5.74, 6) is -4.09. The van der Waals surface area contributed by atoms with Crippen LogP contribution in [0.1, 0.15) is 284 Å². The number of ether oxygens (including phenoxy) is 2. The quantitative estimate of drug-likeness (QED) is 0.0205. The Morgan fingerprint density at radius 1 is 0.435 bits per heavy atom. The van der Waals surface area contributed by atoms with Crippen molar-refractivity contribution in [2.24, 2.45) is 0 Å². The number of aliphatic hydroxyl groups is 8. The van der Waals surface area contributed by atoms with Gasteiger partial charge in [-0.15, -0.1) is 0 Å². The van der Waals surface area contributed by atoms with Crippen molar-refractivity contribution >= 4 is 35.6 Å². The van der Waals surface area contributed by atoms with E-state index in [1.807, 2.05) is 0 Å². The number of aliphatic hydroxyl groups excluding tert-OH is 6. The van der Waals surface area contributed by atoms with Crippen LogP contribution < -0.4 is 16.0 Å². The van der Waals surface area contributed by atoms with Gasteiger partial charge in [0.05, 0.1) is 37.6 Å². The zero-order valence-corrected chi connectivity index (χ0v) is 52.8. The second-order valence-corrected chi connectivity index (χ2v) is 24.9. The van der Waals surface area contributed by atoms with Gasteiger partial charge in [0.2, 0.25) is 11.8 Å². The molecule has 0 saturated heterocycles. The van der Waals surface area contributed by atoms with Crippen LogP contribution in [0.25, 0.3) is 0 Å². The molecule has 0 heterocycles. The molecule has 0 aromatic rings. The molecule has 0 aromatic carbocycles. The van der Waals surface area contributed by atoms with Gasteiger partial charge >= 0.3 is 11.9 Å². The van der Waals surface area contributed by atoms with Crippen LogP contribution in [0.4, 0.5) is 0 Å². The summed E-state index contributed by atoms with van der Waals surface area (Å²) < 4.78 is 11.2. The van der Waals surface area contributed by atoms with Crippen molar-refractivity contribution in [2.45, 2.75) is 337 Å². The fourth-order valence-electron chi connectivity index (χ4n) is 11.5. The van der Waals surface area contributed by atoms with Crippen LogP contribution >= 0.6 is 0 Å². The molecule has 0 radical (unpaired) electrons. The molecule has 2 aliphatic rings. The SMILES string of the molecule is CCCCCCCCCCCCCCCCCCOC(=O)CC[C@H](NC(=O)CCC(=O)N(CCCNC(=O)C1(O)C[C@@H](O)C(O)[C@H](O)C1)CCCNC(=O)C1(O)C[C@@H](O)C(O)[C@H](O)C1)C(=O)OCCCCCCCCCCCCCCCCCC. The maximum absolute atomic E-state index is 13.8. The molecule has 20 nitrogen and oxygen atoms in total. The smallest absolute Gasteiger partial charge is 0.328 e. The maximum atomic E-state index is 13.8. The summed E-state index contributed by atoms with van der Waals surface area (Å²) in [6, 6.07) is -1.18. The molecule has 2 saturated carbocycles. The van der Waals surface area contributed by atoms with Crippen LogP contribution in [0.15, 0.2) is 0 Å². The molecule has 0 unspecified atom stereocenters. The Morgan fingerprint density at radius 2 is 0.753 bits per heavy atom. The summed E-state index contributed by atoms with van der Waals surface area (Å²) in [7, 11) is 0. The van der Waals surface area contributed by atoms with E-state index in [1.54, 1.807) is 0 Å². The number of nitrogens with zero attached hydrogens (tertiary/aromatic N) is 1. The van der Waals surface area contributed by atoms with Crippen molar-refractivity contribution < 1.29 is 79.1 Å². The average Bonchev–Trinajstić information content (AvgIpc) is 3.12. The highest BCUT2D eigenvalue weighted by Gasteiger charge is 2.49. The van der Waals surface area contributed by atoms with E-state index in [0.717, 1.165) is 44.9 Å². The first-order chi connectivity index (χ1) is 40.9. The number of hydrogen-bond donors (Lipinski definition) is 11. The maximum Gasteiger partial charge on any atom is 0.328 e. The van der Waals surface area contributed by atoms with Gasteiger partial charge in [0.15, 0.2) is 0 Å². The van der Waals surface area contributed by atoms with E-state index < -0.39 is 115 Å². The van der Waals surface area contributed by atoms with Crippen molar-refractivity contribution in [3.05, 3.63) is 0 Å². The van der Waals surface area contributed by atoms with Gasteiger partial charge in [0, 0.05) is 71.1 Å². The highest BCUT2D eigenvalue weighted by atomic mass is 16.5. The Balaban J connectivity index is 1.93. The Kier molecular flexibility index (Phi) is 43.4. The largest absolute Gasteiger partial charge is 0.466 e. The van der Waals surface area contributed by atoms with Gasteiger partial charge in [0.25, 0.3) is 11.8 Å². The van der Waals surface area contributed by atoms with E-state index in [9.17, 15) is 69.6 Å². The minimum Gasteiger partial charge on any atom is -0.466 e. The number of rotatable bonds is 52. The Labute approximate surface area is 510 Å². The molecule has 4 amide bonds. The molecule has 0 aromatic heterocycles. The second kappa shape index (κ2) is 47.5. The van der Waals surface area contributed by atoms with Crippen LogP contribution in [-0.4, -0.2) is 175 Å². The summed E-state index contributed by atoms with van der Waals surface area (Å²) in [4.78, 5) is 81.1. The topological polar surface area (TPSA) is 322 Å². The fourth-order valence-corrected chi connectivity index (χ4v) is 11.5. The molecule has 20 heteroatoms. The third kappa shape index (κ3) is 35.3. The molecular formula is C65H120N4O16. The number of carbonyl (C=O) groups excluding carboxylic acids is 6. The van der Waals surface area contributed by atoms with Crippen molar-refractivity contribution in [1.29, 1.82) is 0 Å². The Hall–Kier alpha value is -3.50. The predicted octanol–water partition coefficient (Wildman–Crippen LogP) is 7.70. The Morgan fingerprint density at radius 3 is 1.09 bits per heavy atom. The number of carbonyl (C=O) groups is 6. The van der Waals surface area contributed by atoms with E-state index in [2.05, 4.69) is 29.8 Å². The first-order valence-electron chi connectivity index (χ1n) is 33.9. The summed E-state index contributed by atoms with van der Waals surface area (Å²) >= 11 is 0. The molecule has 0 bridgehead atoms. The average molecular weight is 1210 g/mol. The van der Waals surface area contributed by atoms with Gasteiger partial charge in [-0.25, -0.2) is 4.79 Å². The summed E-state index contributed by atoms with van der Waals surface area (Å²) in [6.07, 6.45) is 27.1. The standard InChI is InChI=1S/C65H120N4O16/c1-3-5-7-9-11-13-15-17-19-21-23-25-27-29-31-33-45-84-58(76)40-37-51(61(79)85-46-34-32-30-28-26-24-22-20-18-16-14-12-10-8-6-4-2)68-56(74)38-39-57(75)69(43-35-41-66-62(80)64(82)47-52(70)59(77)53(71)48-64)44-36-42-67-63(81)65(83)49-54(72)60(78)55(73)50-65/h51-55,59-60,70-73,77-78,82-83H,3-50H2,1-2H3,(H,66,80)(H,67,81)(H,68,74)/t51-,52+,53+,54+,55+,59?,60?,64?,65?/m0/s1. The third-order valence-corrected chi connectivity index (χ3v) is 17.1. The van der Waals surface area contributed by atoms with Gasteiger partial charge in [-0.3, -0.25) is 24.0 Å². The van der Waals surface area contributed by atoms with Crippen molar-refractivity contribution in [3.8, 4) is 0 Å². The lowest BCUT2D eigenvalue weighted by Gasteiger charge is -2.39. The van der Waals surface area contributed by atoms with E-state index in [1.165, 1.54) is 159 Å². The molecule has 2 aliphatic carbocycles. The number of amides is 4. The molecule has 0 spiro atoms. The zero-order valence-electron chi connectivity index (χ0n) is 52.8. The molecule has 2 fully saturated rings. The molecule has 5 atom stereocenters. The van der Waals surface area contributed by atoms with E-state index in [4.69, 9.17) is 9.47 Å². The number of unbranched alkanes of at least 4 members (excludes halogenated alkanes) is 30. The number of nitrogens with one attached hydrogen (secondary N) is 3.